The van der Waals surface area contributed by atoms with Crippen molar-refractivity contribution >= 4 is 15.9 Å². The van der Waals surface area contributed by atoms with E-state index in [1.54, 1.807) is 7.11 Å². The standard InChI is InChI=1S/C16H24BrNO2/c1-11(7-8-18)12-9-14(17)16(15(10-12)19-2)20-13-5-3-4-6-13/h9-11,13H,3-8,18H2,1-2H3. The summed E-state index contributed by atoms with van der Waals surface area (Å²) in [5, 5.41) is 0. The molecule has 2 rings (SSSR count). The number of hydrogen-bond acceptors (Lipinski definition) is 3. The smallest absolute Gasteiger partial charge is 0.175 e. The zero-order valence-corrected chi connectivity index (χ0v) is 13.9. The lowest BCUT2D eigenvalue weighted by Gasteiger charge is -2.20. The van der Waals surface area contributed by atoms with E-state index < -0.39 is 0 Å². The summed E-state index contributed by atoms with van der Waals surface area (Å²) in [4.78, 5) is 0. The van der Waals surface area contributed by atoms with Crippen molar-refractivity contribution < 1.29 is 9.47 Å². The molecule has 0 radical (unpaired) electrons. The van der Waals surface area contributed by atoms with Crippen LogP contribution in [0.1, 0.15) is 50.5 Å². The van der Waals surface area contributed by atoms with Gasteiger partial charge in [-0.1, -0.05) is 6.92 Å². The van der Waals surface area contributed by atoms with Gasteiger partial charge in [0, 0.05) is 0 Å². The van der Waals surface area contributed by atoms with Crippen LogP contribution in [0.3, 0.4) is 0 Å². The molecule has 0 heterocycles. The largest absolute Gasteiger partial charge is 0.493 e. The average molecular weight is 342 g/mol. The van der Waals surface area contributed by atoms with Crippen molar-refractivity contribution in [2.24, 2.45) is 5.73 Å². The van der Waals surface area contributed by atoms with Gasteiger partial charge in [-0.05, 0) is 78.2 Å². The monoisotopic (exact) mass is 341 g/mol. The summed E-state index contributed by atoms with van der Waals surface area (Å²) in [6.07, 6.45) is 6.10. The van der Waals surface area contributed by atoms with Crippen molar-refractivity contribution in [3.05, 3.63) is 22.2 Å². The van der Waals surface area contributed by atoms with Crippen LogP contribution in [0.4, 0.5) is 0 Å². The number of nitrogens with two attached hydrogens (primary N) is 1. The SMILES string of the molecule is COc1cc(C(C)CCN)cc(Br)c1OC1CCCC1. The lowest BCUT2D eigenvalue weighted by Crippen LogP contribution is -2.12. The number of halogens is 1. The molecule has 0 bridgehead atoms. The molecule has 20 heavy (non-hydrogen) atoms. The fourth-order valence-corrected chi connectivity index (χ4v) is 3.28. The van der Waals surface area contributed by atoms with E-state index in [4.69, 9.17) is 15.2 Å². The molecule has 1 aromatic carbocycles. The Bertz CT molecular complexity index is 444. The third kappa shape index (κ3) is 3.67. The fourth-order valence-electron chi connectivity index (χ4n) is 2.73. The van der Waals surface area contributed by atoms with Gasteiger partial charge in [0.15, 0.2) is 11.5 Å². The number of hydrogen-bond donors (Lipinski definition) is 1. The number of rotatable bonds is 6. The average Bonchev–Trinajstić information content (AvgIpc) is 2.94. The molecule has 1 aromatic rings. The summed E-state index contributed by atoms with van der Waals surface area (Å²) < 4.78 is 12.6. The molecule has 4 heteroatoms. The second kappa shape index (κ2) is 7.32. The highest BCUT2D eigenvalue weighted by molar-refractivity contribution is 9.10. The van der Waals surface area contributed by atoms with E-state index in [0.29, 0.717) is 18.6 Å². The highest BCUT2D eigenvalue weighted by atomic mass is 79.9. The zero-order chi connectivity index (χ0) is 14.5. The number of benzene rings is 1. The van der Waals surface area contributed by atoms with Crippen LogP contribution in [0.25, 0.3) is 0 Å². The van der Waals surface area contributed by atoms with Crippen molar-refractivity contribution in [2.45, 2.75) is 51.0 Å². The molecule has 2 N–H and O–H groups in total. The van der Waals surface area contributed by atoms with Crippen LogP contribution in [0, 0.1) is 0 Å². The molecule has 1 aliphatic rings. The molecule has 1 fully saturated rings. The van der Waals surface area contributed by atoms with E-state index in [0.717, 1.165) is 35.2 Å². The second-order valence-electron chi connectivity index (χ2n) is 5.54. The summed E-state index contributed by atoms with van der Waals surface area (Å²) in [5.74, 6) is 2.07. The molecule has 1 unspecified atom stereocenters. The van der Waals surface area contributed by atoms with Crippen LogP contribution in [0.2, 0.25) is 0 Å². The van der Waals surface area contributed by atoms with Gasteiger partial charge in [-0.25, -0.2) is 0 Å². The van der Waals surface area contributed by atoms with Crippen molar-refractivity contribution in [1.82, 2.24) is 0 Å². The first-order chi connectivity index (χ1) is 9.65. The third-order valence-electron chi connectivity index (χ3n) is 4.01. The van der Waals surface area contributed by atoms with Gasteiger partial charge in [0.1, 0.15) is 0 Å². The summed E-state index contributed by atoms with van der Waals surface area (Å²) in [5.41, 5.74) is 6.88. The molecule has 1 aliphatic carbocycles. The Hall–Kier alpha value is -0.740. The Morgan fingerprint density at radius 3 is 2.65 bits per heavy atom. The maximum atomic E-state index is 6.13. The molecular weight excluding hydrogens is 318 g/mol. The number of methoxy groups -OCH3 is 1. The van der Waals surface area contributed by atoms with Gasteiger partial charge < -0.3 is 15.2 Å². The molecule has 3 nitrogen and oxygen atoms in total. The van der Waals surface area contributed by atoms with Crippen LogP contribution in [-0.4, -0.2) is 19.8 Å². The molecule has 0 aliphatic heterocycles. The van der Waals surface area contributed by atoms with Crippen molar-refractivity contribution in [3.63, 3.8) is 0 Å². The van der Waals surface area contributed by atoms with Crippen molar-refractivity contribution in [2.75, 3.05) is 13.7 Å². The van der Waals surface area contributed by atoms with Crippen LogP contribution in [-0.2, 0) is 0 Å². The fraction of sp³-hybridized carbons (Fsp3) is 0.625. The lowest BCUT2D eigenvalue weighted by atomic mass is 9.97. The second-order valence-corrected chi connectivity index (χ2v) is 6.39. The predicted molar refractivity (Wildman–Crippen MR) is 85.7 cm³/mol. The Kier molecular flexibility index (Phi) is 5.73. The lowest BCUT2D eigenvalue weighted by molar-refractivity contribution is 0.199. The quantitative estimate of drug-likeness (QED) is 0.841. The topological polar surface area (TPSA) is 44.5 Å². The molecule has 0 amide bonds. The van der Waals surface area contributed by atoms with E-state index in [1.165, 1.54) is 18.4 Å². The maximum absolute atomic E-state index is 6.13. The Labute approximate surface area is 130 Å². The first-order valence-corrected chi connectivity index (χ1v) is 8.19. The van der Waals surface area contributed by atoms with E-state index >= 15 is 0 Å². The van der Waals surface area contributed by atoms with Crippen LogP contribution in [0.5, 0.6) is 11.5 Å². The maximum Gasteiger partial charge on any atom is 0.175 e. The molecule has 0 aromatic heterocycles. The van der Waals surface area contributed by atoms with Crippen LogP contribution in [0.15, 0.2) is 16.6 Å². The molecule has 1 atom stereocenters. The summed E-state index contributed by atoms with van der Waals surface area (Å²) >= 11 is 3.63. The van der Waals surface area contributed by atoms with Crippen LogP contribution >= 0.6 is 15.9 Å². The Morgan fingerprint density at radius 2 is 2.05 bits per heavy atom. The first kappa shape index (κ1) is 15.6. The normalized spacial score (nSPS) is 17.2. The molecule has 0 spiro atoms. The third-order valence-corrected chi connectivity index (χ3v) is 4.60. The minimum absolute atomic E-state index is 0.326. The van der Waals surface area contributed by atoms with Gasteiger partial charge in [-0.3, -0.25) is 0 Å². The van der Waals surface area contributed by atoms with E-state index in [2.05, 4.69) is 35.0 Å². The van der Waals surface area contributed by atoms with Crippen molar-refractivity contribution in [1.29, 1.82) is 0 Å². The molecule has 112 valence electrons. The Balaban J connectivity index is 2.22. The zero-order valence-electron chi connectivity index (χ0n) is 12.3. The van der Waals surface area contributed by atoms with Crippen LogP contribution < -0.4 is 15.2 Å². The predicted octanol–water partition coefficient (Wildman–Crippen LogP) is 4.23. The Morgan fingerprint density at radius 1 is 1.35 bits per heavy atom. The van der Waals surface area contributed by atoms with Gasteiger partial charge in [0.05, 0.1) is 17.7 Å². The highest BCUT2D eigenvalue weighted by Gasteiger charge is 2.21. The highest BCUT2D eigenvalue weighted by Crippen LogP contribution is 2.40. The summed E-state index contributed by atoms with van der Waals surface area (Å²) in [6.45, 7) is 2.88. The first-order valence-electron chi connectivity index (χ1n) is 7.39. The van der Waals surface area contributed by atoms with Gasteiger partial charge in [0.2, 0.25) is 0 Å². The molecule has 0 saturated heterocycles. The van der Waals surface area contributed by atoms with E-state index in [-0.39, 0.29) is 0 Å². The van der Waals surface area contributed by atoms with Gasteiger partial charge in [-0.15, -0.1) is 0 Å². The minimum atomic E-state index is 0.326. The van der Waals surface area contributed by atoms with Crippen molar-refractivity contribution in [3.8, 4) is 11.5 Å². The number of ether oxygens (including phenoxy) is 2. The van der Waals surface area contributed by atoms with Gasteiger partial charge in [-0.2, -0.15) is 0 Å². The van der Waals surface area contributed by atoms with Gasteiger partial charge in [0.25, 0.3) is 0 Å². The summed E-state index contributed by atoms with van der Waals surface area (Å²) in [6, 6.07) is 4.21. The van der Waals surface area contributed by atoms with Gasteiger partial charge >= 0.3 is 0 Å². The molecular formula is C16H24BrNO2. The minimum Gasteiger partial charge on any atom is -0.493 e. The molecule has 1 saturated carbocycles. The summed E-state index contributed by atoms with van der Waals surface area (Å²) in [7, 11) is 1.70. The van der Waals surface area contributed by atoms with E-state index in [1.807, 2.05) is 0 Å². The van der Waals surface area contributed by atoms with E-state index in [9.17, 15) is 0 Å².